The molecule has 2 aliphatic rings. The van der Waals surface area contributed by atoms with E-state index in [4.69, 9.17) is 4.43 Å². The minimum atomic E-state index is -1.72. The standard InChI is InChI=1S/C14H27NO2Si/c1-14(2,3)18(5,6)17-13-8-10-7-11(16)9-12(13)15(10)4/h10,12-13H,7-9H2,1-6H3/t10-,12+,13-/m1/s1. The lowest BCUT2D eigenvalue weighted by molar-refractivity contribution is -0.123. The summed E-state index contributed by atoms with van der Waals surface area (Å²) in [6.07, 6.45) is 2.73. The normalized spacial score (nSPS) is 34.1. The van der Waals surface area contributed by atoms with Crippen LogP contribution >= 0.6 is 0 Å². The molecule has 2 aliphatic heterocycles. The van der Waals surface area contributed by atoms with Crippen molar-refractivity contribution in [3.63, 3.8) is 0 Å². The van der Waals surface area contributed by atoms with Crippen molar-refractivity contribution in [2.24, 2.45) is 0 Å². The predicted octanol–water partition coefficient (Wildman–Crippen LogP) is 2.81. The minimum absolute atomic E-state index is 0.242. The van der Waals surface area contributed by atoms with Crippen LogP contribution in [-0.4, -0.2) is 44.2 Å². The van der Waals surface area contributed by atoms with Gasteiger partial charge in [0.1, 0.15) is 5.78 Å². The molecule has 104 valence electrons. The molecule has 0 aromatic heterocycles. The molecule has 0 N–H and O–H groups in total. The third-order valence-electron chi connectivity index (χ3n) is 5.18. The molecule has 3 nitrogen and oxygen atoms in total. The van der Waals surface area contributed by atoms with Gasteiger partial charge in [0.2, 0.25) is 0 Å². The second kappa shape index (κ2) is 4.42. The highest BCUT2D eigenvalue weighted by atomic mass is 28.4. The first kappa shape index (κ1) is 14.2. The van der Waals surface area contributed by atoms with Crippen LogP contribution in [0.5, 0.6) is 0 Å². The van der Waals surface area contributed by atoms with Crippen LogP contribution in [0.4, 0.5) is 0 Å². The Hall–Kier alpha value is -0.193. The molecule has 0 radical (unpaired) electrons. The van der Waals surface area contributed by atoms with E-state index in [9.17, 15) is 4.79 Å². The van der Waals surface area contributed by atoms with E-state index in [0.717, 1.165) is 12.8 Å². The molecule has 2 fully saturated rings. The summed E-state index contributed by atoms with van der Waals surface area (Å²) in [7, 11) is 0.430. The maximum absolute atomic E-state index is 11.7. The van der Waals surface area contributed by atoms with Crippen molar-refractivity contribution in [2.75, 3.05) is 7.05 Å². The van der Waals surface area contributed by atoms with Crippen molar-refractivity contribution in [2.45, 2.75) is 76.4 Å². The summed E-state index contributed by atoms with van der Waals surface area (Å²) in [6.45, 7) is 11.4. The van der Waals surface area contributed by atoms with E-state index in [2.05, 4.69) is 45.8 Å². The number of piperidine rings is 1. The van der Waals surface area contributed by atoms with Gasteiger partial charge in [0.15, 0.2) is 8.32 Å². The van der Waals surface area contributed by atoms with Gasteiger partial charge < -0.3 is 4.43 Å². The predicted molar refractivity (Wildman–Crippen MR) is 76.3 cm³/mol. The van der Waals surface area contributed by atoms with Gasteiger partial charge in [-0.1, -0.05) is 20.8 Å². The summed E-state index contributed by atoms with van der Waals surface area (Å²) >= 11 is 0. The largest absolute Gasteiger partial charge is 0.412 e. The number of fused-ring (bicyclic) bond motifs is 2. The summed E-state index contributed by atoms with van der Waals surface area (Å²) in [5.74, 6) is 0.421. The Morgan fingerprint density at radius 2 is 1.89 bits per heavy atom. The van der Waals surface area contributed by atoms with Crippen molar-refractivity contribution >= 4 is 14.1 Å². The summed E-state index contributed by atoms with van der Waals surface area (Å²) in [5.41, 5.74) is 0. The molecule has 0 unspecified atom stereocenters. The van der Waals surface area contributed by atoms with E-state index >= 15 is 0 Å². The van der Waals surface area contributed by atoms with E-state index in [-0.39, 0.29) is 11.1 Å². The average Bonchev–Trinajstić information content (AvgIpc) is 2.39. The molecule has 18 heavy (non-hydrogen) atoms. The van der Waals surface area contributed by atoms with Crippen molar-refractivity contribution in [3.8, 4) is 0 Å². The summed E-state index contributed by atoms with van der Waals surface area (Å²) in [4.78, 5) is 14.1. The van der Waals surface area contributed by atoms with Gasteiger partial charge in [0.05, 0.1) is 6.10 Å². The summed E-state index contributed by atoms with van der Waals surface area (Å²) in [5, 5.41) is 0.242. The Labute approximate surface area is 112 Å². The molecule has 2 saturated heterocycles. The van der Waals surface area contributed by atoms with Crippen LogP contribution in [-0.2, 0) is 9.22 Å². The molecule has 0 amide bonds. The van der Waals surface area contributed by atoms with E-state index in [1.807, 2.05) is 0 Å². The maximum Gasteiger partial charge on any atom is 0.192 e. The Balaban J connectivity index is 2.10. The van der Waals surface area contributed by atoms with Crippen LogP contribution < -0.4 is 0 Å². The number of nitrogens with zero attached hydrogens (tertiary/aromatic N) is 1. The third-order valence-corrected chi connectivity index (χ3v) is 9.69. The van der Waals surface area contributed by atoms with Crippen molar-refractivity contribution in [3.05, 3.63) is 0 Å². The topological polar surface area (TPSA) is 29.5 Å². The lowest BCUT2D eigenvalue weighted by Gasteiger charge is -2.40. The number of carbonyl (C=O) groups is 1. The Kier molecular flexibility index (Phi) is 3.50. The fourth-order valence-electron chi connectivity index (χ4n) is 2.89. The van der Waals surface area contributed by atoms with Crippen molar-refractivity contribution < 1.29 is 9.22 Å². The van der Waals surface area contributed by atoms with Crippen LogP contribution in [0.1, 0.15) is 40.0 Å². The fraction of sp³-hybridized carbons (Fsp3) is 0.929. The van der Waals surface area contributed by atoms with Crippen LogP contribution in [0, 0.1) is 0 Å². The van der Waals surface area contributed by atoms with Crippen LogP contribution in [0.15, 0.2) is 0 Å². The quantitative estimate of drug-likeness (QED) is 0.722. The van der Waals surface area contributed by atoms with Gasteiger partial charge in [-0.2, -0.15) is 0 Å². The molecule has 0 aliphatic carbocycles. The van der Waals surface area contributed by atoms with Crippen molar-refractivity contribution in [1.82, 2.24) is 4.90 Å². The molecule has 2 heterocycles. The second-order valence-corrected chi connectivity index (χ2v) is 12.2. The number of likely N-dealkylation sites (N-methyl/N-ethyl adjacent to an activating group) is 1. The first-order valence-corrected chi connectivity index (χ1v) is 9.94. The molecule has 4 heteroatoms. The maximum atomic E-state index is 11.7. The number of hydrogen-bond acceptors (Lipinski definition) is 3. The van der Waals surface area contributed by atoms with Crippen molar-refractivity contribution in [1.29, 1.82) is 0 Å². The minimum Gasteiger partial charge on any atom is -0.412 e. The zero-order valence-electron chi connectivity index (χ0n) is 12.6. The Morgan fingerprint density at radius 3 is 2.44 bits per heavy atom. The third kappa shape index (κ3) is 2.42. The van der Waals surface area contributed by atoms with Gasteiger partial charge in [-0.3, -0.25) is 9.69 Å². The molecule has 2 rings (SSSR count). The second-order valence-electron chi connectivity index (χ2n) is 7.49. The molecule has 3 atom stereocenters. The highest BCUT2D eigenvalue weighted by Crippen LogP contribution is 2.42. The van der Waals surface area contributed by atoms with Crippen LogP contribution in [0.25, 0.3) is 0 Å². The fourth-order valence-corrected chi connectivity index (χ4v) is 4.25. The average molecular weight is 269 g/mol. The summed E-state index contributed by atoms with van der Waals surface area (Å²) in [6, 6.07) is 0.747. The molecule has 0 aromatic carbocycles. The Morgan fingerprint density at radius 1 is 1.28 bits per heavy atom. The molecular weight excluding hydrogens is 242 g/mol. The van der Waals surface area contributed by atoms with E-state index in [1.165, 1.54) is 0 Å². The van der Waals surface area contributed by atoms with Gasteiger partial charge in [-0.05, 0) is 31.6 Å². The molecule has 2 bridgehead atoms. The monoisotopic (exact) mass is 269 g/mol. The molecule has 0 aromatic rings. The first-order chi connectivity index (χ1) is 8.12. The number of hydrogen-bond donors (Lipinski definition) is 0. The highest BCUT2D eigenvalue weighted by molar-refractivity contribution is 6.74. The van der Waals surface area contributed by atoms with E-state index in [0.29, 0.717) is 24.3 Å². The Bertz CT molecular complexity index is 348. The highest BCUT2D eigenvalue weighted by Gasteiger charge is 2.48. The zero-order valence-corrected chi connectivity index (χ0v) is 13.6. The number of ketones is 1. The van der Waals surface area contributed by atoms with E-state index in [1.54, 1.807) is 0 Å². The van der Waals surface area contributed by atoms with Crippen LogP contribution in [0.3, 0.4) is 0 Å². The van der Waals surface area contributed by atoms with E-state index < -0.39 is 8.32 Å². The molecule has 0 spiro atoms. The lowest BCUT2D eigenvalue weighted by atomic mass is 10.0. The number of Topliss-reactive ketones (excluding diaryl/α,β-unsaturated/α-hetero) is 1. The lowest BCUT2D eigenvalue weighted by Crippen LogP contribution is -2.48. The van der Waals surface area contributed by atoms with Gasteiger partial charge >= 0.3 is 0 Å². The van der Waals surface area contributed by atoms with Gasteiger partial charge in [-0.15, -0.1) is 0 Å². The van der Waals surface area contributed by atoms with Gasteiger partial charge in [-0.25, -0.2) is 0 Å². The van der Waals surface area contributed by atoms with Crippen LogP contribution in [0.2, 0.25) is 18.1 Å². The first-order valence-electron chi connectivity index (χ1n) is 7.03. The van der Waals surface area contributed by atoms with Gasteiger partial charge in [0, 0.05) is 24.9 Å². The number of carbonyl (C=O) groups excluding carboxylic acids is 1. The molecular formula is C14H27NO2Si. The van der Waals surface area contributed by atoms with Gasteiger partial charge in [0.25, 0.3) is 0 Å². The smallest absolute Gasteiger partial charge is 0.192 e. The SMILES string of the molecule is CN1[C@@H]2CC(=O)C[C@H]1[C@H](O[Si](C)(C)C(C)(C)C)C2. The number of rotatable bonds is 2. The molecule has 0 saturated carbocycles. The zero-order chi connectivity index (χ0) is 13.7. The summed E-state index contributed by atoms with van der Waals surface area (Å²) < 4.78 is 6.54.